The lowest BCUT2D eigenvalue weighted by molar-refractivity contribution is -0.189. The van der Waals surface area contributed by atoms with Gasteiger partial charge in [0.25, 0.3) is 0 Å². The van der Waals surface area contributed by atoms with Crippen LogP contribution in [0, 0.1) is 28.6 Å². The molecule has 0 aromatic heterocycles. The van der Waals surface area contributed by atoms with E-state index in [0.717, 1.165) is 18.3 Å². The maximum absolute atomic E-state index is 11.6. The normalized spacial score (nSPS) is 48.2. The Morgan fingerprint density at radius 3 is 2.84 bits per heavy atom. The first-order valence-corrected chi connectivity index (χ1v) is 10.8. The van der Waals surface area contributed by atoms with Crippen molar-refractivity contribution in [1.29, 1.82) is 0 Å². The lowest BCUT2D eigenvalue weighted by atomic mass is 9.49. The zero-order valence-corrected chi connectivity index (χ0v) is 16.8. The number of carbonyl (C=O) groups is 1. The predicted octanol–water partition coefficient (Wildman–Crippen LogP) is 4.74. The number of esters is 1. The zero-order valence-electron chi connectivity index (χ0n) is 15.3. The van der Waals surface area contributed by atoms with E-state index in [1.54, 1.807) is 6.08 Å². The third-order valence-electron chi connectivity index (χ3n) is 7.85. The van der Waals surface area contributed by atoms with Crippen LogP contribution in [0.25, 0.3) is 0 Å². The van der Waals surface area contributed by atoms with Crippen LogP contribution in [0.3, 0.4) is 0 Å². The summed E-state index contributed by atoms with van der Waals surface area (Å²) in [7, 11) is 0. The van der Waals surface area contributed by atoms with Crippen molar-refractivity contribution in [3.05, 3.63) is 23.8 Å². The van der Waals surface area contributed by atoms with Gasteiger partial charge in [0.2, 0.25) is 5.79 Å². The summed E-state index contributed by atoms with van der Waals surface area (Å²) in [6, 6.07) is 0. The number of hydrogen-bond acceptors (Lipinski definition) is 3. The number of halogens is 1. The van der Waals surface area contributed by atoms with Crippen molar-refractivity contribution in [2.75, 3.05) is 5.33 Å². The van der Waals surface area contributed by atoms with Crippen molar-refractivity contribution in [2.45, 2.75) is 64.6 Å². The van der Waals surface area contributed by atoms with Gasteiger partial charge in [-0.1, -0.05) is 53.9 Å². The first kappa shape index (κ1) is 17.8. The maximum atomic E-state index is 11.6. The van der Waals surface area contributed by atoms with E-state index >= 15 is 0 Å². The highest BCUT2D eigenvalue weighted by molar-refractivity contribution is 9.09. The van der Waals surface area contributed by atoms with E-state index < -0.39 is 11.8 Å². The van der Waals surface area contributed by atoms with Crippen LogP contribution in [-0.2, 0) is 9.53 Å². The summed E-state index contributed by atoms with van der Waals surface area (Å²) in [6.07, 6.45) is 14.5. The largest absolute Gasteiger partial charge is 0.428 e. The van der Waals surface area contributed by atoms with E-state index in [4.69, 9.17) is 4.74 Å². The van der Waals surface area contributed by atoms with Crippen molar-refractivity contribution in [1.82, 2.24) is 0 Å². The molecule has 4 heteroatoms. The first-order chi connectivity index (χ1) is 11.8. The zero-order chi connectivity index (χ0) is 17.9. The topological polar surface area (TPSA) is 46.5 Å². The van der Waals surface area contributed by atoms with E-state index in [9.17, 15) is 9.90 Å². The molecule has 0 aliphatic heterocycles. The molecule has 0 aromatic carbocycles. The van der Waals surface area contributed by atoms with Crippen LogP contribution in [0.5, 0.6) is 0 Å². The molecule has 4 aliphatic rings. The van der Waals surface area contributed by atoms with Crippen molar-refractivity contribution in [3.63, 3.8) is 0 Å². The lowest BCUT2D eigenvalue weighted by Crippen LogP contribution is -2.50. The molecule has 0 heterocycles. The number of rotatable bonds is 2. The first-order valence-electron chi connectivity index (χ1n) is 9.70. The van der Waals surface area contributed by atoms with Gasteiger partial charge < -0.3 is 9.84 Å². The van der Waals surface area contributed by atoms with Crippen LogP contribution in [0.15, 0.2) is 23.8 Å². The van der Waals surface area contributed by atoms with Gasteiger partial charge in [0, 0.05) is 11.8 Å². The Morgan fingerprint density at radius 1 is 1.28 bits per heavy atom. The summed E-state index contributed by atoms with van der Waals surface area (Å²) in [6.45, 7) is 4.84. The monoisotopic (exact) mass is 408 g/mol. The number of ether oxygens (including phenoxy) is 1. The molecule has 1 unspecified atom stereocenters. The number of alkyl halides is 1. The van der Waals surface area contributed by atoms with Crippen molar-refractivity contribution in [2.24, 2.45) is 28.6 Å². The average Bonchev–Trinajstić information content (AvgIpc) is 2.97. The number of allylic oxidation sites excluding steroid dienone is 2. The maximum Gasteiger partial charge on any atom is 0.319 e. The summed E-state index contributed by atoms with van der Waals surface area (Å²) in [4.78, 5) is 11.6. The molecule has 4 rings (SSSR count). The average molecular weight is 409 g/mol. The minimum absolute atomic E-state index is 0.000123. The minimum Gasteiger partial charge on any atom is -0.428 e. The SMILES string of the molecule is C[C@@]12CCC[C@H]1[C@@H]1CC=C3CC(O)(OC(=O)CBr)C=C[C@]3(C)[C@H]1CC2. The Balaban J connectivity index is 1.62. The van der Waals surface area contributed by atoms with Gasteiger partial charge in [-0.15, -0.1) is 0 Å². The number of carbonyl (C=O) groups excluding carboxylic acids is 1. The smallest absolute Gasteiger partial charge is 0.319 e. The molecule has 138 valence electrons. The molecule has 2 fully saturated rings. The van der Waals surface area contributed by atoms with Gasteiger partial charge in [-0.2, -0.15) is 0 Å². The Morgan fingerprint density at radius 2 is 2.08 bits per heavy atom. The van der Waals surface area contributed by atoms with Gasteiger partial charge in [-0.05, 0) is 61.3 Å². The molecule has 0 bridgehead atoms. The molecule has 0 amide bonds. The van der Waals surface area contributed by atoms with Crippen LogP contribution >= 0.6 is 15.9 Å². The van der Waals surface area contributed by atoms with Crippen molar-refractivity contribution >= 4 is 21.9 Å². The number of aliphatic hydroxyl groups is 1. The van der Waals surface area contributed by atoms with E-state index in [0.29, 0.717) is 17.8 Å². The highest BCUT2D eigenvalue weighted by Crippen LogP contribution is 2.64. The summed E-state index contributed by atoms with van der Waals surface area (Å²) in [5, 5.41) is 10.8. The van der Waals surface area contributed by atoms with Gasteiger partial charge in [-0.25, -0.2) is 0 Å². The molecule has 2 saturated carbocycles. The molecule has 6 atom stereocenters. The Labute approximate surface area is 159 Å². The molecule has 0 aromatic rings. The Bertz CT molecular complexity index is 641. The second-order valence-electron chi connectivity index (χ2n) is 9.17. The summed E-state index contributed by atoms with van der Waals surface area (Å²) < 4.78 is 5.29. The molecule has 3 nitrogen and oxygen atoms in total. The highest BCUT2D eigenvalue weighted by atomic mass is 79.9. The summed E-state index contributed by atoms with van der Waals surface area (Å²) in [5.41, 5.74) is 1.80. The van der Waals surface area contributed by atoms with Gasteiger partial charge >= 0.3 is 5.97 Å². The van der Waals surface area contributed by atoms with Crippen molar-refractivity contribution in [3.8, 4) is 0 Å². The standard InChI is InChI=1S/C21H29BrO3/c1-19-8-3-4-16(19)15-6-5-14-12-21(24,25-18(23)13-22)11-10-20(14,2)17(15)7-9-19/h5,10-11,15-17,24H,3-4,6-9,12-13H2,1-2H3/t15-,16-,17-,19-,20-,21?/m0/s1. The summed E-state index contributed by atoms with van der Waals surface area (Å²) in [5.74, 6) is 0.345. The number of fused-ring (bicyclic) bond motifs is 5. The van der Waals surface area contributed by atoms with Crippen molar-refractivity contribution < 1.29 is 14.6 Å². The fourth-order valence-corrected chi connectivity index (χ4v) is 6.63. The van der Waals surface area contributed by atoms with Gasteiger partial charge in [0.15, 0.2) is 0 Å². The molecule has 0 spiro atoms. The fourth-order valence-electron chi connectivity index (χ4n) is 6.51. The van der Waals surface area contributed by atoms with E-state index in [2.05, 4.69) is 41.9 Å². The minimum atomic E-state index is -1.49. The summed E-state index contributed by atoms with van der Waals surface area (Å²) >= 11 is 3.10. The fraction of sp³-hybridized carbons (Fsp3) is 0.762. The Kier molecular flexibility index (Phi) is 4.23. The molecule has 4 aliphatic carbocycles. The Hall–Kier alpha value is -0.610. The van der Waals surface area contributed by atoms with Crippen LogP contribution < -0.4 is 0 Å². The molecular formula is C21H29BrO3. The van der Waals surface area contributed by atoms with Gasteiger partial charge in [0.1, 0.15) is 5.33 Å². The molecule has 0 radical (unpaired) electrons. The lowest BCUT2D eigenvalue weighted by Gasteiger charge is -2.56. The molecule has 0 saturated heterocycles. The number of hydrogen-bond donors (Lipinski definition) is 1. The quantitative estimate of drug-likeness (QED) is 0.310. The van der Waals surface area contributed by atoms with E-state index in [1.165, 1.54) is 37.7 Å². The predicted molar refractivity (Wildman–Crippen MR) is 101 cm³/mol. The molecule has 1 N–H and O–H groups in total. The third-order valence-corrected chi connectivity index (χ3v) is 8.31. The molecule has 25 heavy (non-hydrogen) atoms. The van der Waals surface area contributed by atoms with Crippen LogP contribution in [0.1, 0.15) is 58.8 Å². The highest BCUT2D eigenvalue weighted by Gasteiger charge is 2.56. The van der Waals surface area contributed by atoms with Crippen LogP contribution in [0.2, 0.25) is 0 Å². The van der Waals surface area contributed by atoms with E-state index in [-0.39, 0.29) is 10.7 Å². The second-order valence-corrected chi connectivity index (χ2v) is 9.73. The van der Waals surface area contributed by atoms with E-state index in [1.807, 2.05) is 0 Å². The van der Waals surface area contributed by atoms with Crippen LogP contribution in [0.4, 0.5) is 0 Å². The second kappa shape index (κ2) is 5.95. The van der Waals surface area contributed by atoms with Crippen LogP contribution in [-0.4, -0.2) is 22.2 Å². The van der Waals surface area contributed by atoms with Gasteiger partial charge in [0.05, 0.1) is 0 Å². The molecular weight excluding hydrogens is 380 g/mol. The van der Waals surface area contributed by atoms with Gasteiger partial charge in [-0.3, -0.25) is 4.79 Å². The third kappa shape index (κ3) is 2.75.